The zero-order valence-corrected chi connectivity index (χ0v) is 10.9. The van der Waals surface area contributed by atoms with Crippen molar-refractivity contribution in [2.45, 2.75) is 44.6 Å². The van der Waals surface area contributed by atoms with Crippen LogP contribution in [0.2, 0.25) is 0 Å². The van der Waals surface area contributed by atoms with Gasteiger partial charge in [-0.25, -0.2) is 0 Å². The van der Waals surface area contributed by atoms with Crippen molar-refractivity contribution < 1.29 is 4.79 Å². The molecule has 1 atom stereocenters. The van der Waals surface area contributed by atoms with E-state index in [1.807, 2.05) is 7.05 Å². The number of amides is 1. The number of likely N-dealkylation sites (tertiary alicyclic amines) is 1. The van der Waals surface area contributed by atoms with Gasteiger partial charge in [0.2, 0.25) is 5.91 Å². The number of piperidine rings is 1. The molecule has 0 aromatic heterocycles. The fourth-order valence-corrected chi connectivity index (χ4v) is 2.84. The molecule has 1 saturated heterocycles. The van der Waals surface area contributed by atoms with Crippen LogP contribution in [0.15, 0.2) is 0 Å². The summed E-state index contributed by atoms with van der Waals surface area (Å²) in [6.07, 6.45) is 7.12. The van der Waals surface area contributed by atoms with Gasteiger partial charge in [-0.3, -0.25) is 4.79 Å². The summed E-state index contributed by atoms with van der Waals surface area (Å²) in [5.74, 6) is 0.771. The number of nitrogens with zero attached hydrogens (tertiary/aromatic N) is 1. The Balaban J connectivity index is 0.00000128. The molecule has 1 aliphatic carbocycles. The summed E-state index contributed by atoms with van der Waals surface area (Å²) in [4.78, 5) is 14.2. The van der Waals surface area contributed by atoms with Crippen molar-refractivity contribution in [3.63, 3.8) is 0 Å². The van der Waals surface area contributed by atoms with E-state index >= 15 is 0 Å². The topological polar surface area (TPSA) is 32.3 Å². The Labute approximate surface area is 104 Å². The largest absolute Gasteiger partial charge is 0.341 e. The summed E-state index contributed by atoms with van der Waals surface area (Å²) < 4.78 is 0. The third-order valence-electron chi connectivity index (χ3n) is 3.85. The number of nitrogens with one attached hydrogen (secondary N) is 1. The van der Waals surface area contributed by atoms with E-state index in [2.05, 4.69) is 10.2 Å². The maximum atomic E-state index is 12.2. The van der Waals surface area contributed by atoms with Gasteiger partial charge in [-0.2, -0.15) is 0 Å². The molecular weight excluding hydrogens is 224 g/mol. The average molecular weight is 247 g/mol. The van der Waals surface area contributed by atoms with Crippen LogP contribution in [0.5, 0.6) is 0 Å². The van der Waals surface area contributed by atoms with E-state index in [4.69, 9.17) is 0 Å². The van der Waals surface area contributed by atoms with E-state index < -0.39 is 0 Å². The third kappa shape index (κ3) is 3.11. The molecule has 2 aliphatic rings. The van der Waals surface area contributed by atoms with Crippen LogP contribution in [0.25, 0.3) is 0 Å². The molecule has 1 unspecified atom stereocenters. The highest BCUT2D eigenvalue weighted by Gasteiger charge is 2.29. The normalized spacial score (nSPS) is 26.6. The minimum Gasteiger partial charge on any atom is -0.341 e. The van der Waals surface area contributed by atoms with Crippen molar-refractivity contribution in [3.05, 3.63) is 0 Å². The molecule has 0 spiro atoms. The second-order valence-electron chi connectivity index (χ2n) is 4.89. The fourth-order valence-electron chi connectivity index (χ4n) is 2.84. The number of carbonyl (C=O) groups excluding carboxylic acids is 1. The Kier molecular flexibility index (Phi) is 5.56. The minimum atomic E-state index is 0. The monoisotopic (exact) mass is 246 g/mol. The first-order chi connectivity index (χ1) is 7.31. The number of hydrogen-bond acceptors (Lipinski definition) is 2. The molecule has 1 amide bonds. The predicted molar refractivity (Wildman–Crippen MR) is 67.9 cm³/mol. The smallest absolute Gasteiger partial charge is 0.225 e. The molecule has 2 fully saturated rings. The molecule has 1 N–H and O–H groups in total. The van der Waals surface area contributed by atoms with Crippen LogP contribution in [0.1, 0.15) is 38.5 Å². The zero-order valence-electron chi connectivity index (χ0n) is 10.1. The molecule has 0 aromatic rings. The molecule has 2 rings (SSSR count). The maximum Gasteiger partial charge on any atom is 0.225 e. The first-order valence-corrected chi connectivity index (χ1v) is 6.27. The van der Waals surface area contributed by atoms with Crippen LogP contribution in [0.3, 0.4) is 0 Å². The van der Waals surface area contributed by atoms with Gasteiger partial charge < -0.3 is 10.2 Å². The summed E-state index contributed by atoms with van der Waals surface area (Å²) in [5.41, 5.74) is 0. The van der Waals surface area contributed by atoms with Gasteiger partial charge in [-0.1, -0.05) is 12.8 Å². The van der Waals surface area contributed by atoms with Crippen LogP contribution in [0, 0.1) is 5.92 Å². The van der Waals surface area contributed by atoms with Gasteiger partial charge in [-0.15, -0.1) is 12.4 Å². The van der Waals surface area contributed by atoms with Crippen LogP contribution >= 0.6 is 12.4 Å². The van der Waals surface area contributed by atoms with Crippen molar-refractivity contribution in [1.82, 2.24) is 10.2 Å². The lowest BCUT2D eigenvalue weighted by molar-refractivity contribution is -0.136. The van der Waals surface area contributed by atoms with E-state index in [1.54, 1.807) is 0 Å². The van der Waals surface area contributed by atoms with Gasteiger partial charge in [0.05, 0.1) is 0 Å². The van der Waals surface area contributed by atoms with Gasteiger partial charge in [0, 0.05) is 25.0 Å². The van der Waals surface area contributed by atoms with Crippen molar-refractivity contribution in [1.29, 1.82) is 0 Å². The maximum absolute atomic E-state index is 12.2. The molecule has 1 aliphatic heterocycles. The Bertz CT molecular complexity index is 229. The lowest BCUT2D eigenvalue weighted by atomic mass is 10.0. The second kappa shape index (κ2) is 6.45. The van der Waals surface area contributed by atoms with E-state index in [0.29, 0.717) is 17.9 Å². The highest BCUT2D eigenvalue weighted by molar-refractivity contribution is 5.85. The second-order valence-corrected chi connectivity index (χ2v) is 4.89. The van der Waals surface area contributed by atoms with Crippen LogP contribution < -0.4 is 5.32 Å². The van der Waals surface area contributed by atoms with Gasteiger partial charge >= 0.3 is 0 Å². The van der Waals surface area contributed by atoms with E-state index in [1.165, 1.54) is 19.3 Å². The molecule has 0 bridgehead atoms. The Hall–Kier alpha value is -0.280. The molecular formula is C12H23ClN2O. The SMILES string of the molecule is CNC1CCCN(C(=O)C2CCCC2)C1.Cl. The summed E-state index contributed by atoms with van der Waals surface area (Å²) in [7, 11) is 1.99. The molecule has 16 heavy (non-hydrogen) atoms. The van der Waals surface area contributed by atoms with E-state index in [-0.39, 0.29) is 12.4 Å². The van der Waals surface area contributed by atoms with Gasteiger partial charge in [0.1, 0.15) is 0 Å². The molecule has 0 aromatic carbocycles. The number of carbonyl (C=O) groups is 1. The number of likely N-dealkylation sites (N-methyl/N-ethyl adjacent to an activating group) is 1. The quantitative estimate of drug-likeness (QED) is 0.806. The summed E-state index contributed by atoms with van der Waals surface area (Å²) in [6.45, 7) is 1.90. The number of rotatable bonds is 2. The van der Waals surface area contributed by atoms with Gasteiger partial charge in [0.25, 0.3) is 0 Å². The van der Waals surface area contributed by atoms with Crippen LogP contribution in [0.4, 0.5) is 0 Å². The molecule has 1 heterocycles. The number of halogens is 1. The van der Waals surface area contributed by atoms with Crippen LogP contribution in [-0.2, 0) is 4.79 Å². The molecule has 4 heteroatoms. The lowest BCUT2D eigenvalue weighted by Gasteiger charge is -2.34. The highest BCUT2D eigenvalue weighted by atomic mass is 35.5. The first kappa shape index (κ1) is 13.8. The number of hydrogen-bond donors (Lipinski definition) is 1. The molecule has 0 radical (unpaired) electrons. The fraction of sp³-hybridized carbons (Fsp3) is 0.917. The van der Waals surface area contributed by atoms with Crippen molar-refractivity contribution in [2.24, 2.45) is 5.92 Å². The Morgan fingerprint density at radius 3 is 2.50 bits per heavy atom. The molecule has 94 valence electrons. The standard InChI is InChI=1S/C12H22N2O.ClH/c1-13-11-7-4-8-14(9-11)12(15)10-5-2-3-6-10;/h10-11,13H,2-9H2,1H3;1H. The van der Waals surface area contributed by atoms with Gasteiger partial charge in [0.15, 0.2) is 0 Å². The van der Waals surface area contributed by atoms with Crippen LogP contribution in [-0.4, -0.2) is 37.0 Å². The first-order valence-electron chi connectivity index (χ1n) is 6.27. The predicted octanol–water partition coefficient (Wildman–Crippen LogP) is 1.81. The lowest BCUT2D eigenvalue weighted by Crippen LogP contribution is -2.48. The third-order valence-corrected chi connectivity index (χ3v) is 3.85. The average Bonchev–Trinajstić information content (AvgIpc) is 2.81. The van der Waals surface area contributed by atoms with Crippen molar-refractivity contribution >= 4 is 18.3 Å². The Morgan fingerprint density at radius 2 is 1.88 bits per heavy atom. The summed E-state index contributed by atoms with van der Waals surface area (Å²) >= 11 is 0. The molecule has 1 saturated carbocycles. The zero-order chi connectivity index (χ0) is 10.7. The Morgan fingerprint density at radius 1 is 1.19 bits per heavy atom. The van der Waals surface area contributed by atoms with Crippen molar-refractivity contribution in [3.8, 4) is 0 Å². The highest BCUT2D eigenvalue weighted by Crippen LogP contribution is 2.27. The molecule has 3 nitrogen and oxygen atoms in total. The van der Waals surface area contributed by atoms with E-state index in [9.17, 15) is 4.79 Å². The summed E-state index contributed by atoms with van der Waals surface area (Å²) in [5, 5.41) is 3.29. The van der Waals surface area contributed by atoms with Crippen molar-refractivity contribution in [2.75, 3.05) is 20.1 Å². The summed E-state index contributed by atoms with van der Waals surface area (Å²) in [6, 6.07) is 0.518. The minimum absolute atomic E-state index is 0. The van der Waals surface area contributed by atoms with E-state index in [0.717, 1.165) is 32.4 Å². The van der Waals surface area contributed by atoms with Gasteiger partial charge in [-0.05, 0) is 32.7 Å².